The van der Waals surface area contributed by atoms with Gasteiger partial charge in [-0.15, -0.1) is 0 Å². The maximum atomic E-state index is 13.9. The first-order chi connectivity index (χ1) is 15.6. The molecule has 1 amide bonds. The van der Waals surface area contributed by atoms with Crippen molar-refractivity contribution in [2.45, 2.75) is 6.54 Å². The summed E-state index contributed by atoms with van der Waals surface area (Å²) in [5, 5.41) is 3.07. The lowest BCUT2D eigenvalue weighted by atomic mass is 10.0. The number of methoxy groups -OCH3 is 1. The van der Waals surface area contributed by atoms with Gasteiger partial charge in [-0.2, -0.15) is 0 Å². The number of carbonyl (C=O) groups is 1. The van der Waals surface area contributed by atoms with E-state index in [4.69, 9.17) is 21.3 Å². The molecule has 0 saturated heterocycles. The van der Waals surface area contributed by atoms with Gasteiger partial charge in [0.2, 0.25) is 0 Å². The topological polar surface area (TPSA) is 55.3 Å². The Labute approximate surface area is 193 Å². The third kappa shape index (κ3) is 3.79. The Balaban J connectivity index is 1.65. The van der Waals surface area contributed by atoms with E-state index in [-0.39, 0.29) is 12.5 Å². The first-order valence-corrected chi connectivity index (χ1v) is 11.2. The molecule has 32 heavy (non-hydrogen) atoms. The van der Waals surface area contributed by atoms with Crippen LogP contribution >= 0.6 is 22.9 Å². The normalized spacial score (nSPS) is 11.1. The van der Waals surface area contributed by atoms with E-state index in [1.165, 1.54) is 11.3 Å². The molecule has 2 aromatic heterocycles. The van der Waals surface area contributed by atoms with Crippen molar-refractivity contribution in [3.8, 4) is 5.75 Å². The van der Waals surface area contributed by atoms with Gasteiger partial charge in [0.25, 0.3) is 5.91 Å². The van der Waals surface area contributed by atoms with E-state index in [0.717, 1.165) is 21.2 Å². The van der Waals surface area contributed by atoms with Gasteiger partial charge < -0.3 is 4.74 Å². The van der Waals surface area contributed by atoms with Crippen LogP contribution in [0.3, 0.4) is 0 Å². The zero-order valence-electron chi connectivity index (χ0n) is 17.2. The summed E-state index contributed by atoms with van der Waals surface area (Å²) in [7, 11) is 1.57. The van der Waals surface area contributed by atoms with Crippen LogP contribution in [-0.4, -0.2) is 23.0 Å². The Kier molecular flexibility index (Phi) is 5.47. The van der Waals surface area contributed by atoms with Crippen molar-refractivity contribution in [1.29, 1.82) is 0 Å². The minimum absolute atomic E-state index is 0.214. The molecule has 158 valence electrons. The van der Waals surface area contributed by atoms with Crippen LogP contribution in [-0.2, 0) is 6.54 Å². The number of thiazole rings is 1. The fourth-order valence-electron chi connectivity index (χ4n) is 3.60. The zero-order chi connectivity index (χ0) is 22.1. The number of aromatic nitrogens is 2. The first-order valence-electron chi connectivity index (χ1n) is 9.97. The summed E-state index contributed by atoms with van der Waals surface area (Å²) in [4.78, 5) is 24.6. The van der Waals surface area contributed by atoms with Gasteiger partial charge in [0.15, 0.2) is 5.13 Å². The van der Waals surface area contributed by atoms with Gasteiger partial charge >= 0.3 is 0 Å². The molecule has 0 aliphatic rings. The Morgan fingerprint density at radius 2 is 1.81 bits per heavy atom. The van der Waals surface area contributed by atoms with Gasteiger partial charge in [-0.3, -0.25) is 14.7 Å². The molecular weight excluding hydrogens is 442 g/mol. The molecule has 5 rings (SSSR count). The molecule has 0 fully saturated rings. The van der Waals surface area contributed by atoms with Crippen LogP contribution in [0.1, 0.15) is 16.1 Å². The molecule has 0 unspecified atom stereocenters. The van der Waals surface area contributed by atoms with Crippen molar-refractivity contribution in [2.75, 3.05) is 12.0 Å². The Bertz CT molecular complexity index is 1440. The monoisotopic (exact) mass is 459 g/mol. The summed E-state index contributed by atoms with van der Waals surface area (Å²) in [6.07, 6.45) is 1.71. The summed E-state index contributed by atoms with van der Waals surface area (Å²) >= 11 is 7.77. The molecule has 3 aromatic carbocycles. The summed E-state index contributed by atoms with van der Waals surface area (Å²) < 4.78 is 6.50. The highest BCUT2D eigenvalue weighted by molar-refractivity contribution is 7.22. The summed E-state index contributed by atoms with van der Waals surface area (Å²) in [6, 6.07) is 22.9. The fraction of sp³-hybridized carbons (Fsp3) is 0.0800. The maximum Gasteiger partial charge on any atom is 0.264 e. The van der Waals surface area contributed by atoms with Crippen molar-refractivity contribution in [2.24, 2.45) is 0 Å². The molecule has 0 N–H and O–H groups in total. The number of nitrogens with zero attached hydrogens (tertiary/aromatic N) is 3. The molecule has 0 spiro atoms. The van der Waals surface area contributed by atoms with Gasteiger partial charge in [0.05, 0.1) is 34.6 Å². The minimum Gasteiger partial charge on any atom is -0.496 e. The van der Waals surface area contributed by atoms with Gasteiger partial charge in [0, 0.05) is 6.20 Å². The largest absolute Gasteiger partial charge is 0.496 e. The average molecular weight is 460 g/mol. The molecule has 0 bridgehead atoms. The lowest BCUT2D eigenvalue weighted by Crippen LogP contribution is -2.31. The van der Waals surface area contributed by atoms with Crippen molar-refractivity contribution >= 4 is 55.0 Å². The molecular formula is C25H18ClN3O2S. The highest BCUT2D eigenvalue weighted by atomic mass is 35.5. The van der Waals surface area contributed by atoms with E-state index in [0.29, 0.717) is 27.0 Å². The number of para-hydroxylation sites is 1. The average Bonchev–Trinajstić information content (AvgIpc) is 3.27. The second-order valence-corrected chi connectivity index (χ2v) is 8.61. The van der Waals surface area contributed by atoms with E-state index < -0.39 is 0 Å². The highest BCUT2D eigenvalue weighted by Gasteiger charge is 2.25. The molecule has 7 heteroatoms. The number of pyridine rings is 1. The molecule has 0 saturated carbocycles. The van der Waals surface area contributed by atoms with Gasteiger partial charge in [-0.1, -0.05) is 59.3 Å². The summed E-state index contributed by atoms with van der Waals surface area (Å²) in [5.41, 5.74) is 1.90. The van der Waals surface area contributed by atoms with E-state index in [1.54, 1.807) is 24.3 Å². The molecule has 5 nitrogen and oxygen atoms in total. The van der Waals surface area contributed by atoms with Crippen LogP contribution < -0.4 is 9.64 Å². The van der Waals surface area contributed by atoms with Crippen LogP contribution in [0, 0.1) is 0 Å². The number of fused-ring (bicyclic) bond motifs is 2. The second kappa shape index (κ2) is 8.57. The molecule has 0 atom stereocenters. The number of rotatable bonds is 5. The van der Waals surface area contributed by atoms with E-state index in [1.807, 2.05) is 66.7 Å². The van der Waals surface area contributed by atoms with Crippen LogP contribution in [0.25, 0.3) is 21.0 Å². The fourth-order valence-corrected chi connectivity index (χ4v) is 4.86. The number of hydrogen-bond acceptors (Lipinski definition) is 5. The molecule has 0 aliphatic heterocycles. The number of carbonyl (C=O) groups excluding carboxylic acids is 1. The van der Waals surface area contributed by atoms with Gasteiger partial charge in [-0.25, -0.2) is 4.98 Å². The van der Waals surface area contributed by atoms with Crippen molar-refractivity contribution in [3.05, 3.63) is 95.3 Å². The van der Waals surface area contributed by atoms with Crippen LogP contribution in [0.5, 0.6) is 5.75 Å². The molecule has 0 aliphatic carbocycles. The number of halogens is 1. The first kappa shape index (κ1) is 20.4. The van der Waals surface area contributed by atoms with Crippen LogP contribution in [0.2, 0.25) is 5.02 Å². The van der Waals surface area contributed by atoms with E-state index in [2.05, 4.69) is 4.98 Å². The molecule has 2 heterocycles. The minimum atomic E-state index is -0.214. The SMILES string of the molecule is COc1cc2ccccc2cc1C(=O)N(Cc1ccccn1)c1nc2c(Cl)cccc2s1. The standard InChI is InChI=1S/C25H18ClN3O2S/c1-31-21-14-17-8-3-2-7-16(17)13-19(21)24(30)29(15-18-9-4-5-12-27-18)25-28-23-20(26)10-6-11-22(23)32-25/h2-14H,15H2,1H3. The van der Waals surface area contributed by atoms with E-state index in [9.17, 15) is 4.79 Å². The lowest BCUT2D eigenvalue weighted by Gasteiger charge is -2.21. The number of anilines is 1. The third-order valence-corrected chi connectivity index (χ3v) is 6.53. The molecule has 5 aromatic rings. The number of benzene rings is 3. The van der Waals surface area contributed by atoms with Gasteiger partial charge in [-0.05, 0) is 47.2 Å². The van der Waals surface area contributed by atoms with E-state index >= 15 is 0 Å². The third-order valence-electron chi connectivity index (χ3n) is 5.18. The van der Waals surface area contributed by atoms with Crippen LogP contribution in [0.15, 0.2) is 79.0 Å². The quantitative estimate of drug-likeness (QED) is 0.307. The number of hydrogen-bond donors (Lipinski definition) is 0. The lowest BCUT2D eigenvalue weighted by molar-refractivity contribution is 0.0982. The molecule has 0 radical (unpaired) electrons. The predicted octanol–water partition coefficient (Wildman–Crippen LogP) is 6.35. The maximum absolute atomic E-state index is 13.9. The van der Waals surface area contributed by atoms with Crippen molar-refractivity contribution in [3.63, 3.8) is 0 Å². The zero-order valence-corrected chi connectivity index (χ0v) is 18.7. The predicted molar refractivity (Wildman–Crippen MR) is 130 cm³/mol. The Morgan fingerprint density at radius 3 is 2.53 bits per heavy atom. The van der Waals surface area contributed by atoms with Crippen molar-refractivity contribution < 1.29 is 9.53 Å². The number of amides is 1. The summed E-state index contributed by atoms with van der Waals surface area (Å²) in [5.74, 6) is 0.298. The summed E-state index contributed by atoms with van der Waals surface area (Å²) in [6.45, 7) is 0.271. The smallest absolute Gasteiger partial charge is 0.264 e. The Hall–Kier alpha value is -3.48. The number of ether oxygens (including phenoxy) is 1. The van der Waals surface area contributed by atoms with Crippen LogP contribution in [0.4, 0.5) is 5.13 Å². The van der Waals surface area contributed by atoms with Crippen molar-refractivity contribution in [1.82, 2.24) is 9.97 Å². The second-order valence-electron chi connectivity index (χ2n) is 7.20. The van der Waals surface area contributed by atoms with Gasteiger partial charge in [0.1, 0.15) is 11.3 Å². The highest BCUT2D eigenvalue weighted by Crippen LogP contribution is 2.35. The Morgan fingerprint density at radius 1 is 1.03 bits per heavy atom.